The summed E-state index contributed by atoms with van der Waals surface area (Å²) < 4.78 is 26.7. The number of ether oxygens (including phenoxy) is 2. The highest BCUT2D eigenvalue weighted by atomic mass is 19.1. The van der Waals surface area contributed by atoms with Crippen molar-refractivity contribution in [1.82, 2.24) is 15.1 Å². The molecule has 37 heavy (non-hydrogen) atoms. The van der Waals surface area contributed by atoms with Crippen molar-refractivity contribution in [1.29, 1.82) is 0 Å². The number of benzene rings is 2. The maximum Gasteiger partial charge on any atom is 0.305 e. The van der Waals surface area contributed by atoms with Crippen LogP contribution in [0.5, 0.6) is 11.6 Å². The lowest BCUT2D eigenvalue weighted by Gasteiger charge is -2.25. The number of hydrogen-bond donors (Lipinski definition) is 3. The maximum absolute atomic E-state index is 14.6. The molecule has 1 amide bonds. The summed E-state index contributed by atoms with van der Waals surface area (Å²) in [6, 6.07) is 11.5. The number of aliphatic hydroxyl groups excluding tert-OH is 1. The van der Waals surface area contributed by atoms with Gasteiger partial charge < -0.3 is 25.0 Å². The van der Waals surface area contributed by atoms with Crippen molar-refractivity contribution < 1.29 is 33.7 Å². The Hall–Kier alpha value is -3.92. The third-order valence-electron chi connectivity index (χ3n) is 5.92. The van der Waals surface area contributed by atoms with E-state index >= 15 is 0 Å². The van der Waals surface area contributed by atoms with Crippen molar-refractivity contribution in [2.45, 2.75) is 46.3 Å². The van der Waals surface area contributed by atoms with E-state index in [1.165, 1.54) is 31.4 Å². The number of aliphatic hydroxyl groups is 1. The quantitative estimate of drug-likeness (QED) is 0.374. The predicted molar refractivity (Wildman–Crippen MR) is 135 cm³/mol. The van der Waals surface area contributed by atoms with Crippen molar-refractivity contribution in [3.05, 3.63) is 71.2 Å². The van der Waals surface area contributed by atoms with E-state index in [1.807, 2.05) is 20.8 Å². The van der Waals surface area contributed by atoms with Gasteiger partial charge >= 0.3 is 5.97 Å². The first kappa shape index (κ1) is 27.7. The number of hydrogen-bond acceptors (Lipinski definition) is 6. The summed E-state index contributed by atoms with van der Waals surface area (Å²) in [5.74, 6) is -1.70. The smallest absolute Gasteiger partial charge is 0.305 e. The van der Waals surface area contributed by atoms with E-state index in [-0.39, 0.29) is 30.3 Å². The molecule has 3 N–H and O–H groups in total. The molecule has 0 aliphatic rings. The van der Waals surface area contributed by atoms with Gasteiger partial charge in [-0.05, 0) is 47.7 Å². The average molecular weight is 514 g/mol. The van der Waals surface area contributed by atoms with Crippen molar-refractivity contribution in [2.24, 2.45) is 5.41 Å². The van der Waals surface area contributed by atoms with E-state index in [0.717, 1.165) is 10.2 Å². The fourth-order valence-corrected chi connectivity index (χ4v) is 3.60. The second-order valence-corrected chi connectivity index (χ2v) is 9.77. The minimum Gasteiger partial charge on any atom is -0.497 e. The van der Waals surface area contributed by atoms with Crippen LogP contribution in [0.4, 0.5) is 4.39 Å². The Balaban J connectivity index is 1.95. The summed E-state index contributed by atoms with van der Waals surface area (Å²) in [7, 11) is 1.52. The van der Waals surface area contributed by atoms with Crippen LogP contribution >= 0.6 is 0 Å². The van der Waals surface area contributed by atoms with Crippen molar-refractivity contribution in [2.75, 3.05) is 13.7 Å². The molecule has 1 aromatic heterocycles. The van der Waals surface area contributed by atoms with Gasteiger partial charge in [0.05, 0.1) is 25.7 Å². The van der Waals surface area contributed by atoms with Crippen molar-refractivity contribution in [3.8, 4) is 17.3 Å². The highest BCUT2D eigenvalue weighted by Crippen LogP contribution is 2.27. The summed E-state index contributed by atoms with van der Waals surface area (Å²) in [5, 5.41) is 26.8. The van der Waals surface area contributed by atoms with Gasteiger partial charge in [-0.3, -0.25) is 9.59 Å². The fraction of sp³-hybridized carbons (Fsp3) is 0.370. The van der Waals surface area contributed by atoms with Crippen LogP contribution in [-0.2, 0) is 4.79 Å². The third kappa shape index (κ3) is 6.85. The molecule has 0 radical (unpaired) electrons. The van der Waals surface area contributed by atoms with Gasteiger partial charge in [0.2, 0.25) is 5.88 Å². The Morgan fingerprint density at radius 2 is 1.86 bits per heavy atom. The number of carboxylic acid groups (broad SMARTS) is 1. The normalized spacial score (nSPS) is 13.1. The molecular formula is C27H32FN3O6. The van der Waals surface area contributed by atoms with E-state index in [9.17, 15) is 24.2 Å². The van der Waals surface area contributed by atoms with Gasteiger partial charge in [-0.2, -0.15) is 9.78 Å². The summed E-state index contributed by atoms with van der Waals surface area (Å²) in [4.78, 5) is 24.8. The molecule has 198 valence electrons. The third-order valence-corrected chi connectivity index (χ3v) is 5.92. The molecule has 9 nitrogen and oxygen atoms in total. The van der Waals surface area contributed by atoms with Crippen LogP contribution in [0, 0.1) is 18.2 Å². The number of aliphatic carboxylic acids is 1. The number of para-hydroxylation sites is 1. The van der Waals surface area contributed by atoms with E-state index < -0.39 is 35.3 Å². The minimum atomic E-state index is -1.10. The number of methoxy groups -OCH3 is 1. The van der Waals surface area contributed by atoms with Gasteiger partial charge in [-0.15, -0.1) is 0 Å². The van der Waals surface area contributed by atoms with Gasteiger partial charge in [0.15, 0.2) is 5.69 Å². The van der Waals surface area contributed by atoms with Gasteiger partial charge in [-0.1, -0.05) is 39.0 Å². The second-order valence-electron chi connectivity index (χ2n) is 9.77. The van der Waals surface area contributed by atoms with Gasteiger partial charge in [0.25, 0.3) is 5.91 Å². The Labute approximate surface area is 214 Å². The molecule has 0 bridgehead atoms. The molecule has 0 aliphatic carbocycles. The Bertz CT molecular complexity index is 1270. The summed E-state index contributed by atoms with van der Waals surface area (Å²) in [6.07, 6.45) is -1.21. The standard InChI is InChI=1S/C27H32FN3O6/c1-16-12-17(36-5)10-11-18(16)20(14-25(33)34)29-26(35)21-13-24(37-15-23(32)27(2,3)4)31(30-21)22-9-7-6-8-19(22)28/h6-13,20,23,32H,14-15H2,1-5H3,(H,29,35)(H,33,34). The molecule has 0 saturated heterocycles. The van der Waals surface area contributed by atoms with Crippen LogP contribution in [0.25, 0.3) is 5.69 Å². The van der Waals surface area contributed by atoms with Crippen LogP contribution in [0.3, 0.4) is 0 Å². The number of carbonyl (C=O) groups is 2. The lowest BCUT2D eigenvalue weighted by atomic mass is 9.90. The first-order valence-corrected chi connectivity index (χ1v) is 11.7. The first-order valence-electron chi connectivity index (χ1n) is 11.7. The van der Waals surface area contributed by atoms with Crippen LogP contribution in [0.2, 0.25) is 0 Å². The Morgan fingerprint density at radius 1 is 1.16 bits per heavy atom. The molecule has 0 spiro atoms. The fourth-order valence-electron chi connectivity index (χ4n) is 3.60. The number of carbonyl (C=O) groups excluding carboxylic acids is 1. The monoisotopic (exact) mass is 513 g/mol. The average Bonchev–Trinajstić information content (AvgIpc) is 3.25. The number of carboxylic acids is 1. The first-order chi connectivity index (χ1) is 17.4. The largest absolute Gasteiger partial charge is 0.497 e. The van der Waals surface area contributed by atoms with Crippen LogP contribution in [0.1, 0.15) is 54.8 Å². The topological polar surface area (TPSA) is 123 Å². The van der Waals surface area contributed by atoms with Crippen LogP contribution < -0.4 is 14.8 Å². The molecule has 3 rings (SSSR count). The number of rotatable bonds is 10. The molecule has 10 heteroatoms. The number of halogens is 1. The van der Waals surface area contributed by atoms with E-state index in [1.54, 1.807) is 31.2 Å². The van der Waals surface area contributed by atoms with Crippen LogP contribution in [0.15, 0.2) is 48.5 Å². The number of aryl methyl sites for hydroxylation is 1. The number of aromatic nitrogens is 2. The summed E-state index contributed by atoms with van der Waals surface area (Å²) >= 11 is 0. The molecule has 0 saturated carbocycles. The summed E-state index contributed by atoms with van der Waals surface area (Å²) in [5.41, 5.74) is 0.821. The molecule has 0 aliphatic heterocycles. The number of amides is 1. The molecule has 3 aromatic rings. The molecular weight excluding hydrogens is 481 g/mol. The van der Waals surface area contributed by atoms with Crippen molar-refractivity contribution in [3.63, 3.8) is 0 Å². The maximum atomic E-state index is 14.6. The second kappa shape index (κ2) is 11.4. The van der Waals surface area contributed by atoms with Gasteiger partial charge in [-0.25, -0.2) is 4.39 Å². The lowest BCUT2D eigenvalue weighted by molar-refractivity contribution is -0.137. The van der Waals surface area contributed by atoms with Crippen molar-refractivity contribution >= 4 is 11.9 Å². The van der Waals surface area contributed by atoms with E-state index in [0.29, 0.717) is 11.3 Å². The summed E-state index contributed by atoms with van der Waals surface area (Å²) in [6.45, 7) is 7.21. The zero-order valence-electron chi connectivity index (χ0n) is 21.5. The molecule has 1 heterocycles. The minimum absolute atomic E-state index is 0.0500. The molecule has 0 fully saturated rings. The van der Waals surface area contributed by atoms with E-state index in [2.05, 4.69) is 10.4 Å². The molecule has 2 aromatic carbocycles. The van der Waals surface area contributed by atoms with Gasteiger partial charge in [0, 0.05) is 6.07 Å². The molecule has 2 unspecified atom stereocenters. The van der Waals surface area contributed by atoms with Crippen LogP contribution in [-0.4, -0.2) is 51.7 Å². The predicted octanol–water partition coefficient (Wildman–Crippen LogP) is 4.06. The number of nitrogens with one attached hydrogen (secondary N) is 1. The Kier molecular flexibility index (Phi) is 8.54. The highest BCUT2D eigenvalue weighted by molar-refractivity contribution is 5.93. The molecule has 2 atom stereocenters. The van der Waals surface area contributed by atoms with Gasteiger partial charge in [0.1, 0.15) is 23.9 Å². The zero-order chi connectivity index (χ0) is 27.3. The number of nitrogens with zero attached hydrogens (tertiary/aromatic N) is 2. The zero-order valence-corrected chi connectivity index (χ0v) is 21.5. The Morgan fingerprint density at radius 3 is 2.46 bits per heavy atom. The highest BCUT2D eigenvalue weighted by Gasteiger charge is 2.26. The SMILES string of the molecule is COc1ccc(C(CC(=O)O)NC(=O)c2cc(OCC(O)C(C)(C)C)n(-c3ccccc3F)n2)c(C)c1. The lowest BCUT2D eigenvalue weighted by Crippen LogP contribution is -2.32. The van der Waals surface area contributed by atoms with E-state index in [4.69, 9.17) is 9.47 Å².